The molecule has 0 radical (unpaired) electrons. The quantitative estimate of drug-likeness (QED) is 0.282. The van der Waals surface area contributed by atoms with Gasteiger partial charge in [0.15, 0.2) is 0 Å². The Morgan fingerprint density at radius 2 is 2.17 bits per heavy atom. The Kier molecular flexibility index (Phi) is 6.60. The SMILES string of the molecule is C#CCC(=C=C)/C(P)=C/c1ccc(-c2cccc(Cl)c2)nc1CC. The molecule has 0 aliphatic carbocycles. The van der Waals surface area contributed by atoms with E-state index in [1.165, 1.54) is 0 Å². The molecule has 2 aromatic rings. The Morgan fingerprint density at radius 3 is 2.79 bits per heavy atom. The molecule has 0 aliphatic rings. The molecule has 1 heterocycles. The predicted octanol–water partition coefficient (Wildman–Crippen LogP) is 5.92. The van der Waals surface area contributed by atoms with Crippen molar-refractivity contribution in [3.05, 3.63) is 75.9 Å². The molecule has 0 saturated carbocycles. The lowest BCUT2D eigenvalue weighted by Gasteiger charge is -2.09. The molecule has 0 aliphatic heterocycles. The molecule has 1 atom stereocenters. The first kappa shape index (κ1) is 18.3. The van der Waals surface area contributed by atoms with Gasteiger partial charge in [-0.15, -0.1) is 27.3 Å². The predicted molar refractivity (Wildman–Crippen MR) is 108 cm³/mol. The fraction of sp³-hybridized carbons (Fsp3) is 0.143. The first-order chi connectivity index (χ1) is 11.6. The Labute approximate surface area is 151 Å². The summed E-state index contributed by atoms with van der Waals surface area (Å²) in [4.78, 5) is 4.79. The van der Waals surface area contributed by atoms with Gasteiger partial charge in [-0.2, -0.15) is 0 Å². The molecule has 1 unspecified atom stereocenters. The third-order valence-corrected chi connectivity index (χ3v) is 4.37. The van der Waals surface area contributed by atoms with Crippen LogP contribution in [0, 0.1) is 12.3 Å². The van der Waals surface area contributed by atoms with E-state index in [1.807, 2.05) is 30.3 Å². The van der Waals surface area contributed by atoms with Crippen LogP contribution in [0.15, 0.2) is 59.6 Å². The lowest BCUT2D eigenvalue weighted by atomic mass is 10.1. The van der Waals surface area contributed by atoms with Crippen LogP contribution in [0.1, 0.15) is 24.6 Å². The smallest absolute Gasteiger partial charge is 0.0706 e. The minimum Gasteiger partial charge on any atom is -0.252 e. The number of aryl methyl sites for hydroxylation is 1. The standard InChI is InChI=1S/C21H19ClNP/c1-4-8-15(5-2)21(24)14-17-11-12-20(23-19(17)6-3)16-9-7-10-18(22)13-16/h1,7,9-14H,2,6,8,24H2,3H3/b21-14-. The largest absolute Gasteiger partial charge is 0.252 e. The van der Waals surface area contributed by atoms with E-state index in [9.17, 15) is 0 Å². The molecule has 3 heteroatoms. The van der Waals surface area contributed by atoms with Crippen molar-refractivity contribution >= 4 is 26.9 Å². The van der Waals surface area contributed by atoms with Crippen LogP contribution in [-0.4, -0.2) is 4.98 Å². The first-order valence-corrected chi connectivity index (χ1v) is 8.60. The van der Waals surface area contributed by atoms with E-state index in [-0.39, 0.29) is 0 Å². The number of terminal acetylenes is 1. The topological polar surface area (TPSA) is 12.9 Å². The molecule has 0 saturated heterocycles. The van der Waals surface area contributed by atoms with Gasteiger partial charge in [-0.1, -0.05) is 43.3 Å². The normalized spacial score (nSPS) is 10.8. The third-order valence-electron chi connectivity index (χ3n) is 3.62. The van der Waals surface area contributed by atoms with Crippen LogP contribution in [0.5, 0.6) is 0 Å². The van der Waals surface area contributed by atoms with Crippen molar-refractivity contribution in [2.75, 3.05) is 0 Å². The molecule has 0 amide bonds. The Bertz CT molecular complexity index is 868. The maximum absolute atomic E-state index is 6.08. The number of halogens is 1. The van der Waals surface area contributed by atoms with Gasteiger partial charge in [-0.05, 0) is 41.6 Å². The van der Waals surface area contributed by atoms with Gasteiger partial charge in [0.05, 0.1) is 5.69 Å². The second kappa shape index (κ2) is 8.68. The second-order valence-corrected chi connectivity index (χ2v) is 6.29. The molecule has 120 valence electrons. The number of hydrogen-bond acceptors (Lipinski definition) is 1. The number of aromatic nitrogens is 1. The van der Waals surface area contributed by atoms with Gasteiger partial charge in [-0.25, -0.2) is 0 Å². The van der Waals surface area contributed by atoms with Gasteiger partial charge in [0.2, 0.25) is 0 Å². The molecule has 0 N–H and O–H groups in total. The molecule has 1 aromatic heterocycles. The molecule has 24 heavy (non-hydrogen) atoms. The van der Waals surface area contributed by atoms with Crippen LogP contribution >= 0.6 is 20.8 Å². The summed E-state index contributed by atoms with van der Waals surface area (Å²) < 4.78 is 0. The van der Waals surface area contributed by atoms with Gasteiger partial charge >= 0.3 is 0 Å². The fourth-order valence-corrected chi connectivity index (χ4v) is 2.93. The summed E-state index contributed by atoms with van der Waals surface area (Å²) in [6.45, 7) is 5.80. The fourth-order valence-electron chi connectivity index (χ4n) is 2.36. The third kappa shape index (κ3) is 4.47. The van der Waals surface area contributed by atoms with Crippen molar-refractivity contribution < 1.29 is 0 Å². The zero-order valence-corrected chi connectivity index (χ0v) is 15.6. The van der Waals surface area contributed by atoms with Gasteiger partial charge in [-0.3, -0.25) is 4.98 Å². The highest BCUT2D eigenvalue weighted by molar-refractivity contribution is 7.23. The lowest BCUT2D eigenvalue weighted by molar-refractivity contribution is 1.03. The van der Waals surface area contributed by atoms with Gasteiger partial charge in [0.25, 0.3) is 0 Å². The van der Waals surface area contributed by atoms with E-state index >= 15 is 0 Å². The van der Waals surface area contributed by atoms with Crippen LogP contribution in [-0.2, 0) is 6.42 Å². The van der Waals surface area contributed by atoms with Crippen molar-refractivity contribution in [2.24, 2.45) is 0 Å². The van der Waals surface area contributed by atoms with Crippen molar-refractivity contribution in [1.29, 1.82) is 0 Å². The van der Waals surface area contributed by atoms with Crippen LogP contribution in [0.25, 0.3) is 17.3 Å². The summed E-state index contributed by atoms with van der Waals surface area (Å²) in [5.74, 6) is 2.63. The van der Waals surface area contributed by atoms with E-state index in [2.05, 4.69) is 46.5 Å². The zero-order chi connectivity index (χ0) is 17.5. The number of pyridine rings is 1. The van der Waals surface area contributed by atoms with Crippen LogP contribution in [0.3, 0.4) is 0 Å². The number of benzene rings is 1. The molecule has 0 bridgehead atoms. The zero-order valence-electron chi connectivity index (χ0n) is 13.6. The maximum Gasteiger partial charge on any atom is 0.0706 e. The molecular weight excluding hydrogens is 333 g/mol. The average Bonchev–Trinajstić information content (AvgIpc) is 2.59. The monoisotopic (exact) mass is 351 g/mol. The molecule has 0 spiro atoms. The summed E-state index contributed by atoms with van der Waals surface area (Å²) in [5.41, 5.74) is 7.83. The summed E-state index contributed by atoms with van der Waals surface area (Å²) >= 11 is 6.08. The minimum absolute atomic E-state index is 0.508. The van der Waals surface area contributed by atoms with Crippen molar-refractivity contribution in [2.45, 2.75) is 19.8 Å². The summed E-state index contributed by atoms with van der Waals surface area (Å²) in [7, 11) is 2.71. The van der Waals surface area contributed by atoms with E-state index in [0.29, 0.717) is 11.4 Å². The summed E-state index contributed by atoms with van der Waals surface area (Å²) in [5, 5.41) is 1.69. The highest BCUT2D eigenvalue weighted by atomic mass is 35.5. The molecule has 1 aromatic carbocycles. The Morgan fingerprint density at radius 1 is 1.38 bits per heavy atom. The number of allylic oxidation sites excluding steroid dienone is 2. The van der Waals surface area contributed by atoms with E-state index in [0.717, 1.165) is 39.8 Å². The number of hydrogen-bond donors (Lipinski definition) is 0. The van der Waals surface area contributed by atoms with E-state index < -0.39 is 0 Å². The van der Waals surface area contributed by atoms with Crippen molar-refractivity contribution in [1.82, 2.24) is 4.98 Å². The van der Waals surface area contributed by atoms with Crippen LogP contribution < -0.4 is 0 Å². The van der Waals surface area contributed by atoms with Crippen LogP contribution in [0.4, 0.5) is 0 Å². The lowest BCUT2D eigenvalue weighted by Crippen LogP contribution is -1.95. The first-order valence-electron chi connectivity index (χ1n) is 7.64. The van der Waals surface area contributed by atoms with E-state index in [4.69, 9.17) is 23.0 Å². The second-order valence-electron chi connectivity index (χ2n) is 5.23. The Balaban J connectivity index is 2.43. The highest BCUT2D eigenvalue weighted by Gasteiger charge is 2.07. The van der Waals surface area contributed by atoms with Crippen LogP contribution in [0.2, 0.25) is 5.02 Å². The summed E-state index contributed by atoms with van der Waals surface area (Å²) in [6.07, 6.45) is 8.79. The Hall–Kier alpha value is -2.09. The molecule has 2 rings (SSSR count). The highest BCUT2D eigenvalue weighted by Crippen LogP contribution is 2.26. The van der Waals surface area contributed by atoms with Crippen molar-refractivity contribution in [3.8, 4) is 23.6 Å². The summed E-state index contributed by atoms with van der Waals surface area (Å²) in [6, 6.07) is 11.8. The minimum atomic E-state index is 0.508. The number of rotatable bonds is 5. The maximum atomic E-state index is 6.08. The van der Waals surface area contributed by atoms with Gasteiger partial charge < -0.3 is 0 Å². The van der Waals surface area contributed by atoms with E-state index in [1.54, 1.807) is 0 Å². The molecule has 0 fully saturated rings. The average molecular weight is 352 g/mol. The number of nitrogens with zero attached hydrogens (tertiary/aromatic N) is 1. The molecular formula is C21H19ClNP. The van der Waals surface area contributed by atoms with Gasteiger partial charge in [0.1, 0.15) is 0 Å². The van der Waals surface area contributed by atoms with Gasteiger partial charge in [0, 0.05) is 28.3 Å². The van der Waals surface area contributed by atoms with Crippen molar-refractivity contribution in [3.63, 3.8) is 0 Å². The molecule has 1 nitrogen and oxygen atoms in total.